The van der Waals surface area contributed by atoms with E-state index < -0.39 is 14.6 Å². The molecule has 1 heterocycles. The van der Waals surface area contributed by atoms with Crippen molar-refractivity contribution < 1.29 is 13.2 Å². The van der Waals surface area contributed by atoms with Crippen molar-refractivity contribution in [3.8, 4) is 0 Å². The van der Waals surface area contributed by atoms with Gasteiger partial charge in [-0.3, -0.25) is 9.79 Å². The maximum atomic E-state index is 12.1. The van der Waals surface area contributed by atoms with Gasteiger partial charge in [0.2, 0.25) is 5.91 Å². The molecule has 25 heavy (non-hydrogen) atoms. The van der Waals surface area contributed by atoms with Gasteiger partial charge >= 0.3 is 0 Å². The number of amides is 1. The molecule has 8 heteroatoms. The van der Waals surface area contributed by atoms with Crippen LogP contribution < -0.4 is 10.6 Å². The molecule has 2 fully saturated rings. The van der Waals surface area contributed by atoms with E-state index in [4.69, 9.17) is 0 Å². The molecule has 1 amide bonds. The van der Waals surface area contributed by atoms with E-state index in [1.807, 2.05) is 11.8 Å². The fourth-order valence-electron chi connectivity index (χ4n) is 3.04. The quantitative estimate of drug-likeness (QED) is 0.408. The predicted octanol–water partition coefficient (Wildman–Crippen LogP) is 0.767. The van der Waals surface area contributed by atoms with Crippen LogP contribution >= 0.6 is 0 Å². The minimum absolute atomic E-state index is 0.155. The van der Waals surface area contributed by atoms with Gasteiger partial charge in [0.1, 0.15) is 0 Å². The first-order valence-corrected chi connectivity index (χ1v) is 11.0. The van der Waals surface area contributed by atoms with Crippen molar-refractivity contribution in [1.29, 1.82) is 0 Å². The van der Waals surface area contributed by atoms with Gasteiger partial charge in [0.05, 0.1) is 10.5 Å². The molecule has 1 aliphatic heterocycles. The van der Waals surface area contributed by atoms with Crippen LogP contribution in [0.2, 0.25) is 0 Å². The number of hydrogen-bond donors (Lipinski definition) is 2. The van der Waals surface area contributed by atoms with E-state index >= 15 is 0 Å². The average molecular weight is 373 g/mol. The van der Waals surface area contributed by atoms with E-state index in [0.29, 0.717) is 26.2 Å². The minimum atomic E-state index is -3.06. The van der Waals surface area contributed by atoms with Crippen molar-refractivity contribution in [2.45, 2.75) is 51.2 Å². The lowest BCUT2D eigenvalue weighted by Gasteiger charge is -2.39. The zero-order valence-electron chi connectivity index (χ0n) is 15.7. The second kappa shape index (κ2) is 8.38. The third-order valence-corrected chi connectivity index (χ3v) is 7.58. The molecule has 1 saturated carbocycles. The molecule has 0 bridgehead atoms. The number of sulfone groups is 1. The Morgan fingerprint density at radius 3 is 2.56 bits per heavy atom. The summed E-state index contributed by atoms with van der Waals surface area (Å²) in [6, 6.07) is 0. The van der Waals surface area contributed by atoms with Crippen LogP contribution in [0.4, 0.5) is 0 Å². The number of rotatable bonds is 6. The second-order valence-electron chi connectivity index (χ2n) is 7.51. The van der Waals surface area contributed by atoms with E-state index in [2.05, 4.69) is 15.6 Å². The summed E-state index contributed by atoms with van der Waals surface area (Å²) in [7, 11) is -3.06. The van der Waals surface area contributed by atoms with Crippen molar-refractivity contribution in [3.05, 3.63) is 0 Å². The summed E-state index contributed by atoms with van der Waals surface area (Å²) in [4.78, 5) is 18.4. The number of carbonyl (C=O) groups is 1. The van der Waals surface area contributed by atoms with Crippen molar-refractivity contribution in [2.75, 3.05) is 38.5 Å². The van der Waals surface area contributed by atoms with Crippen LogP contribution in [0.1, 0.15) is 46.5 Å². The van der Waals surface area contributed by atoms with Gasteiger partial charge in [0.15, 0.2) is 15.8 Å². The molecule has 0 radical (unpaired) electrons. The highest BCUT2D eigenvalue weighted by Crippen LogP contribution is 2.26. The molecule has 1 aliphatic carbocycles. The fraction of sp³-hybridized carbons (Fsp3) is 0.882. The van der Waals surface area contributed by atoms with Crippen LogP contribution in [0.5, 0.6) is 0 Å². The topological polar surface area (TPSA) is 90.9 Å². The average Bonchev–Trinajstić information content (AvgIpc) is 2.47. The van der Waals surface area contributed by atoms with Gasteiger partial charge in [-0.05, 0) is 40.0 Å². The molecule has 2 aliphatic rings. The van der Waals surface area contributed by atoms with Crippen LogP contribution in [-0.2, 0) is 14.6 Å². The molecule has 0 spiro atoms. The van der Waals surface area contributed by atoms with Gasteiger partial charge in [-0.15, -0.1) is 0 Å². The summed E-state index contributed by atoms with van der Waals surface area (Å²) in [6.07, 6.45) is 3.98. The Kier molecular flexibility index (Phi) is 6.71. The van der Waals surface area contributed by atoms with Gasteiger partial charge in [-0.2, -0.15) is 0 Å². The molecule has 0 atom stereocenters. The second-order valence-corrected chi connectivity index (χ2v) is 10.3. The Morgan fingerprint density at radius 1 is 1.28 bits per heavy atom. The monoisotopic (exact) mass is 372 g/mol. The molecule has 0 aromatic heterocycles. The predicted molar refractivity (Wildman–Crippen MR) is 100 cm³/mol. The van der Waals surface area contributed by atoms with Crippen LogP contribution in [0.25, 0.3) is 0 Å². The number of nitrogens with zero attached hydrogens (tertiary/aromatic N) is 2. The highest BCUT2D eigenvalue weighted by atomic mass is 32.2. The normalized spacial score (nSPS) is 23.0. The van der Waals surface area contributed by atoms with E-state index in [-0.39, 0.29) is 17.6 Å². The molecule has 1 saturated heterocycles. The SMILES string of the molecule is CCNC(=NCCCNC(=O)C1CCC1)N1CCS(=O)(=O)C(C)(C)C1. The van der Waals surface area contributed by atoms with Crippen molar-refractivity contribution in [3.63, 3.8) is 0 Å². The zero-order valence-corrected chi connectivity index (χ0v) is 16.5. The Labute approximate surface area is 151 Å². The number of aliphatic imine (C=N–C) groups is 1. The first kappa shape index (κ1) is 20.0. The molecular weight excluding hydrogens is 340 g/mol. The van der Waals surface area contributed by atoms with Gasteiger partial charge < -0.3 is 15.5 Å². The van der Waals surface area contributed by atoms with Gasteiger partial charge in [-0.1, -0.05) is 6.42 Å². The van der Waals surface area contributed by atoms with Crippen molar-refractivity contribution >= 4 is 21.7 Å². The molecule has 0 aromatic rings. The van der Waals surface area contributed by atoms with E-state index in [0.717, 1.165) is 38.2 Å². The first-order valence-electron chi connectivity index (χ1n) is 9.30. The fourth-order valence-corrected chi connectivity index (χ4v) is 4.41. The Hall–Kier alpha value is -1.31. The Bertz CT molecular complexity index is 597. The van der Waals surface area contributed by atoms with Crippen LogP contribution in [-0.4, -0.2) is 68.4 Å². The van der Waals surface area contributed by atoms with Gasteiger partial charge in [0.25, 0.3) is 0 Å². The Balaban J connectivity index is 1.82. The lowest BCUT2D eigenvalue weighted by atomic mass is 9.85. The largest absolute Gasteiger partial charge is 0.357 e. The third kappa shape index (κ3) is 5.09. The lowest BCUT2D eigenvalue weighted by Crippen LogP contribution is -2.57. The summed E-state index contributed by atoms with van der Waals surface area (Å²) >= 11 is 0. The van der Waals surface area contributed by atoms with E-state index in [9.17, 15) is 13.2 Å². The molecule has 7 nitrogen and oxygen atoms in total. The molecule has 0 aromatic carbocycles. The molecule has 2 rings (SSSR count). The molecule has 0 unspecified atom stereocenters. The summed E-state index contributed by atoms with van der Waals surface area (Å²) in [5, 5.41) is 6.22. The smallest absolute Gasteiger partial charge is 0.223 e. The maximum Gasteiger partial charge on any atom is 0.223 e. The van der Waals surface area contributed by atoms with Crippen LogP contribution in [0.15, 0.2) is 4.99 Å². The van der Waals surface area contributed by atoms with Crippen LogP contribution in [0, 0.1) is 5.92 Å². The van der Waals surface area contributed by atoms with Crippen LogP contribution in [0.3, 0.4) is 0 Å². The van der Waals surface area contributed by atoms with Gasteiger partial charge in [-0.25, -0.2) is 8.42 Å². The summed E-state index contributed by atoms with van der Waals surface area (Å²) in [5.41, 5.74) is 0. The van der Waals surface area contributed by atoms with Gasteiger partial charge in [0, 0.05) is 38.6 Å². The van der Waals surface area contributed by atoms with Crippen molar-refractivity contribution in [1.82, 2.24) is 15.5 Å². The highest BCUT2D eigenvalue weighted by molar-refractivity contribution is 7.92. The third-order valence-electron chi connectivity index (χ3n) is 5.05. The zero-order chi connectivity index (χ0) is 18.5. The lowest BCUT2D eigenvalue weighted by molar-refractivity contribution is -0.127. The summed E-state index contributed by atoms with van der Waals surface area (Å²) < 4.78 is 23.5. The number of carbonyl (C=O) groups excluding carboxylic acids is 1. The van der Waals surface area contributed by atoms with E-state index in [1.54, 1.807) is 13.8 Å². The summed E-state index contributed by atoms with van der Waals surface area (Å²) in [6.45, 7) is 8.44. The number of nitrogens with one attached hydrogen (secondary N) is 2. The first-order chi connectivity index (χ1) is 11.8. The summed E-state index contributed by atoms with van der Waals surface area (Å²) in [5.74, 6) is 1.31. The highest BCUT2D eigenvalue weighted by Gasteiger charge is 2.40. The maximum absolute atomic E-state index is 12.1. The minimum Gasteiger partial charge on any atom is -0.357 e. The van der Waals surface area contributed by atoms with Crippen molar-refractivity contribution in [2.24, 2.45) is 10.9 Å². The number of guanidine groups is 1. The Morgan fingerprint density at radius 2 is 2.00 bits per heavy atom. The molecular formula is C17H32N4O3S. The number of hydrogen-bond acceptors (Lipinski definition) is 4. The molecule has 144 valence electrons. The molecule has 2 N–H and O–H groups in total. The van der Waals surface area contributed by atoms with E-state index in [1.165, 1.54) is 0 Å². The standard InChI is InChI=1S/C17H32N4O3S/c1-4-18-16(21-11-12-25(23,24)17(2,3)13-21)20-10-6-9-19-15(22)14-7-5-8-14/h14H,4-13H2,1-3H3,(H,18,20)(H,19,22).